The molecule has 0 radical (unpaired) electrons. The average Bonchev–Trinajstić information content (AvgIpc) is 3.12. The molecule has 1 aliphatic heterocycles. The third kappa shape index (κ3) is 4.87. The van der Waals surface area contributed by atoms with E-state index in [0.717, 1.165) is 11.1 Å². The van der Waals surface area contributed by atoms with E-state index in [9.17, 15) is 9.59 Å². The lowest BCUT2D eigenvalue weighted by Crippen LogP contribution is -2.38. The number of hydrogen-bond acceptors (Lipinski definition) is 5. The summed E-state index contributed by atoms with van der Waals surface area (Å²) < 4.78 is 7.48. The summed E-state index contributed by atoms with van der Waals surface area (Å²) in [6.07, 6.45) is 5.68. The number of aromatic nitrogens is 1. The molecule has 3 aromatic rings. The number of rotatable bonds is 6. The molecule has 1 unspecified atom stereocenters. The number of allylic oxidation sites excluding steroid dienone is 2. The average molecular weight is 473 g/mol. The van der Waals surface area contributed by atoms with Crippen LogP contribution in [0, 0.1) is 0 Å². The van der Waals surface area contributed by atoms with Gasteiger partial charge in [0.05, 0.1) is 28.5 Å². The Morgan fingerprint density at radius 2 is 1.82 bits per heavy atom. The zero-order chi connectivity index (χ0) is 24.2. The number of fused-ring (bicyclic) bond motifs is 1. The van der Waals surface area contributed by atoms with E-state index in [-0.39, 0.29) is 12.2 Å². The van der Waals surface area contributed by atoms with Gasteiger partial charge in [-0.05, 0) is 42.5 Å². The van der Waals surface area contributed by atoms with Crippen molar-refractivity contribution in [2.24, 2.45) is 4.99 Å². The van der Waals surface area contributed by atoms with Crippen LogP contribution < -0.4 is 14.9 Å². The van der Waals surface area contributed by atoms with Crippen LogP contribution in [0.2, 0.25) is 0 Å². The smallest absolute Gasteiger partial charge is 0.338 e. The van der Waals surface area contributed by atoms with Crippen molar-refractivity contribution in [2.75, 3.05) is 6.61 Å². The van der Waals surface area contributed by atoms with Gasteiger partial charge in [0, 0.05) is 0 Å². The molecular weight excluding hydrogens is 444 g/mol. The summed E-state index contributed by atoms with van der Waals surface area (Å²) >= 11 is 1.33. The molecule has 1 aromatic heterocycles. The molecule has 0 N–H and O–H groups in total. The molecular formula is C28H28N2O3S. The number of hydrogen-bond donors (Lipinski definition) is 0. The first kappa shape index (κ1) is 23.6. The lowest BCUT2D eigenvalue weighted by Gasteiger charge is -2.21. The normalized spacial score (nSPS) is 16.1. The number of carbonyl (C=O) groups excluding carboxylic acids is 1. The summed E-state index contributed by atoms with van der Waals surface area (Å²) in [6.45, 7) is 8.11. The number of thiazole rings is 1. The van der Waals surface area contributed by atoms with E-state index >= 15 is 0 Å². The number of esters is 1. The Kier molecular flexibility index (Phi) is 7.08. The van der Waals surface area contributed by atoms with Crippen LogP contribution in [0.3, 0.4) is 0 Å². The second-order valence-electron chi connectivity index (χ2n) is 8.44. The first-order valence-electron chi connectivity index (χ1n) is 11.4. The van der Waals surface area contributed by atoms with E-state index in [1.165, 1.54) is 16.9 Å². The minimum Gasteiger partial charge on any atom is -0.463 e. The van der Waals surface area contributed by atoms with Crippen LogP contribution in [-0.4, -0.2) is 17.1 Å². The van der Waals surface area contributed by atoms with Crippen LogP contribution in [-0.2, 0) is 9.53 Å². The summed E-state index contributed by atoms with van der Waals surface area (Å²) in [5.41, 5.74) is 3.96. The van der Waals surface area contributed by atoms with E-state index in [1.807, 2.05) is 60.7 Å². The molecule has 1 aliphatic rings. The second kappa shape index (κ2) is 10.2. The summed E-state index contributed by atoms with van der Waals surface area (Å²) in [5.74, 6) is -0.00921. The van der Waals surface area contributed by atoms with E-state index in [4.69, 9.17) is 4.74 Å². The number of nitrogens with zero attached hydrogens (tertiary/aromatic N) is 2. The number of ether oxygens (including phenoxy) is 1. The Morgan fingerprint density at radius 3 is 2.47 bits per heavy atom. The lowest BCUT2D eigenvalue weighted by atomic mass is 10.0. The van der Waals surface area contributed by atoms with Gasteiger partial charge in [0.15, 0.2) is 4.80 Å². The van der Waals surface area contributed by atoms with Gasteiger partial charge < -0.3 is 4.74 Å². The monoisotopic (exact) mass is 472 g/mol. The fourth-order valence-corrected chi connectivity index (χ4v) is 4.97. The van der Waals surface area contributed by atoms with Crippen molar-refractivity contribution in [1.82, 2.24) is 4.57 Å². The minimum absolute atomic E-state index is 0.173. The quantitative estimate of drug-likeness (QED) is 0.493. The molecule has 4 rings (SSSR count). The van der Waals surface area contributed by atoms with Crippen molar-refractivity contribution >= 4 is 29.5 Å². The van der Waals surface area contributed by atoms with Crippen molar-refractivity contribution in [3.63, 3.8) is 0 Å². The summed E-state index contributed by atoms with van der Waals surface area (Å²) in [6, 6.07) is 17.4. The molecule has 0 amide bonds. The third-order valence-electron chi connectivity index (χ3n) is 5.73. The topological polar surface area (TPSA) is 60.7 Å². The van der Waals surface area contributed by atoms with Gasteiger partial charge >= 0.3 is 5.97 Å². The highest BCUT2D eigenvalue weighted by molar-refractivity contribution is 7.07. The Balaban J connectivity index is 1.83. The number of carbonyl (C=O) groups is 1. The molecule has 174 valence electrons. The van der Waals surface area contributed by atoms with Crippen LogP contribution in [0.15, 0.2) is 81.7 Å². The van der Waals surface area contributed by atoms with Crippen molar-refractivity contribution in [3.05, 3.63) is 108 Å². The molecule has 1 atom stereocenters. The summed E-state index contributed by atoms with van der Waals surface area (Å²) in [4.78, 5) is 31.5. The van der Waals surface area contributed by atoms with Crippen molar-refractivity contribution in [2.45, 2.75) is 39.7 Å². The summed E-state index contributed by atoms with van der Waals surface area (Å²) in [7, 11) is 0. The van der Waals surface area contributed by atoms with Gasteiger partial charge in [-0.2, -0.15) is 0 Å². The summed E-state index contributed by atoms with van der Waals surface area (Å²) in [5, 5.41) is 0. The predicted molar refractivity (Wildman–Crippen MR) is 137 cm³/mol. The van der Waals surface area contributed by atoms with Crippen LogP contribution in [0.5, 0.6) is 0 Å². The van der Waals surface area contributed by atoms with Crippen molar-refractivity contribution < 1.29 is 9.53 Å². The van der Waals surface area contributed by atoms with Crippen molar-refractivity contribution in [3.8, 4) is 0 Å². The van der Waals surface area contributed by atoms with Gasteiger partial charge in [0.2, 0.25) is 0 Å². The molecule has 0 saturated carbocycles. The highest BCUT2D eigenvalue weighted by atomic mass is 32.1. The fraction of sp³-hybridized carbons (Fsp3) is 0.250. The maximum absolute atomic E-state index is 13.5. The number of benzene rings is 2. The van der Waals surface area contributed by atoms with E-state index in [1.54, 1.807) is 18.4 Å². The second-order valence-corrected chi connectivity index (χ2v) is 9.44. The Hall–Kier alpha value is -3.51. The van der Waals surface area contributed by atoms with Gasteiger partial charge in [0.25, 0.3) is 5.56 Å². The molecule has 34 heavy (non-hydrogen) atoms. The standard InChI is InChI=1S/C28H28N2O3S/c1-5-33-27(32)25-19(4)29-28-30(23(25)16-13-20-9-7-6-8-10-20)26(31)24(34-28)17-21-11-14-22(15-12-21)18(2)3/h6-18,23H,5H2,1-4H3. The van der Waals surface area contributed by atoms with E-state index < -0.39 is 12.0 Å². The van der Waals surface area contributed by atoms with E-state index in [0.29, 0.717) is 26.5 Å². The fourth-order valence-electron chi connectivity index (χ4n) is 3.91. The van der Waals surface area contributed by atoms with Gasteiger partial charge in [-0.3, -0.25) is 9.36 Å². The van der Waals surface area contributed by atoms with Crippen LogP contribution in [0.4, 0.5) is 0 Å². The Bertz CT molecular complexity index is 1430. The van der Waals surface area contributed by atoms with Gasteiger partial charge in [-0.25, -0.2) is 9.79 Å². The molecule has 0 aliphatic carbocycles. The molecule has 0 bridgehead atoms. The highest BCUT2D eigenvalue weighted by Crippen LogP contribution is 2.26. The largest absolute Gasteiger partial charge is 0.463 e. The van der Waals surface area contributed by atoms with Crippen LogP contribution in [0.1, 0.15) is 56.3 Å². The van der Waals surface area contributed by atoms with Crippen LogP contribution >= 0.6 is 11.3 Å². The predicted octanol–water partition coefficient (Wildman–Crippen LogP) is 4.59. The molecule has 0 spiro atoms. The molecule has 0 fully saturated rings. The van der Waals surface area contributed by atoms with Gasteiger partial charge in [0.1, 0.15) is 0 Å². The zero-order valence-electron chi connectivity index (χ0n) is 19.8. The van der Waals surface area contributed by atoms with E-state index in [2.05, 4.69) is 31.0 Å². The molecule has 5 nitrogen and oxygen atoms in total. The SMILES string of the molecule is CCOC(=O)C1=C(C)N=c2sc(=Cc3ccc(C(C)C)cc3)c(=O)n2C1C=Cc1ccccc1. The highest BCUT2D eigenvalue weighted by Gasteiger charge is 2.30. The Morgan fingerprint density at radius 1 is 1.12 bits per heavy atom. The zero-order valence-corrected chi connectivity index (χ0v) is 20.6. The van der Waals surface area contributed by atoms with Gasteiger partial charge in [-0.15, -0.1) is 0 Å². The maximum atomic E-state index is 13.5. The molecule has 2 heterocycles. The lowest BCUT2D eigenvalue weighted by molar-refractivity contribution is -0.139. The third-order valence-corrected chi connectivity index (χ3v) is 6.71. The maximum Gasteiger partial charge on any atom is 0.338 e. The Labute approximate surface area is 203 Å². The first-order valence-corrected chi connectivity index (χ1v) is 12.2. The first-order chi connectivity index (χ1) is 16.4. The van der Waals surface area contributed by atoms with Crippen molar-refractivity contribution in [1.29, 1.82) is 0 Å². The minimum atomic E-state index is -0.596. The molecule has 6 heteroatoms. The van der Waals surface area contributed by atoms with Gasteiger partial charge in [-0.1, -0.05) is 91.9 Å². The molecule has 2 aromatic carbocycles. The van der Waals surface area contributed by atoms with Crippen LogP contribution in [0.25, 0.3) is 12.2 Å². The molecule has 0 saturated heterocycles.